The average molecular weight is 228 g/mol. The van der Waals surface area contributed by atoms with Crippen LogP contribution in [0.4, 0.5) is 0 Å². The summed E-state index contributed by atoms with van der Waals surface area (Å²) in [5.74, 6) is 0. The van der Waals surface area contributed by atoms with Crippen LogP contribution in [0.1, 0.15) is 6.42 Å². The Bertz CT molecular complexity index is 279. The van der Waals surface area contributed by atoms with Gasteiger partial charge in [0.1, 0.15) is 9.35 Å². The molecule has 0 amide bonds. The fraction of sp³-hybridized carbons (Fsp3) is 0.333. The number of hydrogen-bond donors (Lipinski definition) is 2. The molecule has 0 saturated heterocycles. The molecule has 0 atom stereocenters. The molecule has 0 fully saturated rings. The molecule has 0 aliphatic rings. The first-order valence-electron chi connectivity index (χ1n) is 4.30. The highest BCUT2D eigenvalue weighted by molar-refractivity contribution is 8.22. The molecule has 0 bridgehead atoms. The number of aliphatic hydroxyl groups excluding tert-OH is 1. The number of thiocarbonyl (C=S) groups is 1. The van der Waals surface area contributed by atoms with Crippen molar-refractivity contribution in [2.45, 2.75) is 11.4 Å². The van der Waals surface area contributed by atoms with Crippen molar-refractivity contribution in [1.29, 1.82) is 0 Å². The van der Waals surface area contributed by atoms with Crippen molar-refractivity contribution in [2.24, 2.45) is 0 Å². The molecule has 1 heterocycles. The third kappa shape index (κ3) is 4.55. The molecule has 5 heteroatoms. The van der Waals surface area contributed by atoms with Crippen molar-refractivity contribution in [1.82, 2.24) is 10.3 Å². The van der Waals surface area contributed by atoms with E-state index in [1.807, 2.05) is 18.2 Å². The van der Waals surface area contributed by atoms with Gasteiger partial charge in [-0.25, -0.2) is 4.98 Å². The molecular formula is C9H12N2OS2. The molecule has 3 nitrogen and oxygen atoms in total. The van der Waals surface area contributed by atoms with Crippen molar-refractivity contribution in [3.05, 3.63) is 24.4 Å². The van der Waals surface area contributed by atoms with Crippen LogP contribution in [0.2, 0.25) is 0 Å². The van der Waals surface area contributed by atoms with Gasteiger partial charge in [-0.2, -0.15) is 0 Å². The van der Waals surface area contributed by atoms with Gasteiger partial charge < -0.3 is 10.4 Å². The summed E-state index contributed by atoms with van der Waals surface area (Å²) < 4.78 is 0.692. The van der Waals surface area contributed by atoms with Crippen LogP contribution in [0.15, 0.2) is 29.4 Å². The molecule has 0 aliphatic heterocycles. The van der Waals surface area contributed by atoms with Crippen LogP contribution in [-0.2, 0) is 0 Å². The maximum Gasteiger partial charge on any atom is 0.140 e. The van der Waals surface area contributed by atoms with Gasteiger partial charge in [0.2, 0.25) is 0 Å². The fourth-order valence-electron chi connectivity index (χ4n) is 0.808. The third-order valence-corrected chi connectivity index (χ3v) is 2.61. The lowest BCUT2D eigenvalue weighted by molar-refractivity contribution is 0.289. The minimum atomic E-state index is 0.184. The van der Waals surface area contributed by atoms with E-state index in [2.05, 4.69) is 10.3 Å². The highest BCUT2D eigenvalue weighted by atomic mass is 32.2. The minimum Gasteiger partial charge on any atom is -0.396 e. The highest BCUT2D eigenvalue weighted by Crippen LogP contribution is 2.14. The smallest absolute Gasteiger partial charge is 0.140 e. The zero-order valence-corrected chi connectivity index (χ0v) is 9.27. The second kappa shape index (κ2) is 6.75. The van der Waals surface area contributed by atoms with Crippen molar-refractivity contribution in [3.8, 4) is 0 Å². The second-order valence-corrected chi connectivity index (χ2v) is 4.26. The highest BCUT2D eigenvalue weighted by Gasteiger charge is 1.99. The van der Waals surface area contributed by atoms with Crippen LogP contribution in [0.25, 0.3) is 0 Å². The molecule has 76 valence electrons. The van der Waals surface area contributed by atoms with Crippen LogP contribution >= 0.6 is 24.0 Å². The summed E-state index contributed by atoms with van der Waals surface area (Å²) in [7, 11) is 0. The van der Waals surface area contributed by atoms with Gasteiger partial charge in [-0.1, -0.05) is 18.3 Å². The van der Waals surface area contributed by atoms with Gasteiger partial charge >= 0.3 is 0 Å². The van der Waals surface area contributed by atoms with E-state index in [0.29, 0.717) is 17.3 Å². The summed E-state index contributed by atoms with van der Waals surface area (Å²) in [6.45, 7) is 0.888. The lowest BCUT2D eigenvalue weighted by Crippen LogP contribution is -2.20. The maximum absolute atomic E-state index is 8.57. The predicted octanol–water partition coefficient (Wildman–Crippen LogP) is 1.43. The summed E-state index contributed by atoms with van der Waals surface area (Å²) in [4.78, 5) is 4.13. The first-order valence-corrected chi connectivity index (χ1v) is 5.53. The number of rotatable bonds is 4. The maximum atomic E-state index is 8.57. The molecule has 0 aliphatic carbocycles. The van der Waals surface area contributed by atoms with Crippen LogP contribution in [-0.4, -0.2) is 27.6 Å². The summed E-state index contributed by atoms with van der Waals surface area (Å²) in [5, 5.41) is 12.5. The summed E-state index contributed by atoms with van der Waals surface area (Å²) in [6.07, 6.45) is 2.45. The summed E-state index contributed by atoms with van der Waals surface area (Å²) >= 11 is 6.50. The number of pyridine rings is 1. The van der Waals surface area contributed by atoms with Crippen molar-refractivity contribution in [3.63, 3.8) is 0 Å². The molecule has 0 saturated carbocycles. The molecule has 2 N–H and O–H groups in total. The number of aromatic nitrogens is 1. The van der Waals surface area contributed by atoms with Gasteiger partial charge in [0.15, 0.2) is 0 Å². The van der Waals surface area contributed by atoms with Crippen molar-refractivity contribution >= 4 is 28.3 Å². The van der Waals surface area contributed by atoms with Gasteiger partial charge in [0.05, 0.1) is 0 Å². The minimum absolute atomic E-state index is 0.184. The Balaban J connectivity index is 2.27. The van der Waals surface area contributed by atoms with E-state index in [1.54, 1.807) is 6.20 Å². The van der Waals surface area contributed by atoms with Crippen LogP contribution in [0.5, 0.6) is 0 Å². The molecule has 0 unspecified atom stereocenters. The molecule has 1 aromatic rings. The number of hydrogen-bond acceptors (Lipinski definition) is 4. The first-order chi connectivity index (χ1) is 6.83. The molecule has 0 aromatic carbocycles. The molecule has 1 rings (SSSR count). The lowest BCUT2D eigenvalue weighted by atomic mass is 10.5. The van der Waals surface area contributed by atoms with Gasteiger partial charge in [-0.15, -0.1) is 0 Å². The van der Waals surface area contributed by atoms with E-state index in [1.165, 1.54) is 11.8 Å². The lowest BCUT2D eigenvalue weighted by Gasteiger charge is -2.04. The Morgan fingerprint density at radius 1 is 1.57 bits per heavy atom. The van der Waals surface area contributed by atoms with E-state index in [-0.39, 0.29) is 6.61 Å². The molecular weight excluding hydrogens is 216 g/mol. The second-order valence-electron chi connectivity index (χ2n) is 2.56. The summed E-state index contributed by atoms with van der Waals surface area (Å²) in [5.41, 5.74) is 0. The molecule has 0 spiro atoms. The average Bonchev–Trinajstić information content (AvgIpc) is 2.20. The largest absolute Gasteiger partial charge is 0.396 e. The quantitative estimate of drug-likeness (QED) is 0.464. The zero-order valence-electron chi connectivity index (χ0n) is 7.64. The number of aliphatic hydroxyl groups is 1. The fourth-order valence-corrected chi connectivity index (χ4v) is 1.79. The standard InChI is InChI=1S/C9H12N2OS2/c12-7-3-6-11-9(13)14-8-4-1-2-5-10-8/h1-2,4-5,12H,3,6-7H2,(H,11,13). The third-order valence-electron chi connectivity index (χ3n) is 1.44. The Morgan fingerprint density at radius 2 is 2.43 bits per heavy atom. The van der Waals surface area contributed by atoms with Gasteiger partial charge in [-0.05, 0) is 30.3 Å². The van der Waals surface area contributed by atoms with E-state index in [0.717, 1.165) is 5.03 Å². The molecule has 14 heavy (non-hydrogen) atoms. The monoisotopic (exact) mass is 228 g/mol. The number of thioether (sulfide) groups is 1. The zero-order chi connectivity index (χ0) is 10.2. The first kappa shape index (κ1) is 11.4. The van der Waals surface area contributed by atoms with Gasteiger partial charge in [-0.3, -0.25) is 0 Å². The number of nitrogens with zero attached hydrogens (tertiary/aromatic N) is 1. The van der Waals surface area contributed by atoms with E-state index in [9.17, 15) is 0 Å². The Kier molecular flexibility index (Phi) is 5.51. The van der Waals surface area contributed by atoms with Crippen molar-refractivity contribution < 1.29 is 5.11 Å². The van der Waals surface area contributed by atoms with E-state index < -0.39 is 0 Å². The number of nitrogens with one attached hydrogen (secondary N) is 1. The normalized spacial score (nSPS) is 9.79. The SMILES string of the molecule is OCCCNC(=S)Sc1ccccn1. The molecule has 1 aromatic heterocycles. The molecule has 0 radical (unpaired) electrons. The van der Waals surface area contributed by atoms with Crippen molar-refractivity contribution in [2.75, 3.05) is 13.2 Å². The van der Waals surface area contributed by atoms with Crippen LogP contribution in [0, 0.1) is 0 Å². The van der Waals surface area contributed by atoms with Gasteiger partial charge in [0.25, 0.3) is 0 Å². The predicted molar refractivity (Wildman–Crippen MR) is 62.4 cm³/mol. The van der Waals surface area contributed by atoms with Crippen LogP contribution < -0.4 is 5.32 Å². The van der Waals surface area contributed by atoms with Crippen LogP contribution in [0.3, 0.4) is 0 Å². The Labute approximate surface area is 92.9 Å². The Morgan fingerprint density at radius 3 is 3.07 bits per heavy atom. The summed E-state index contributed by atoms with van der Waals surface area (Å²) in [6, 6.07) is 5.70. The van der Waals surface area contributed by atoms with E-state index >= 15 is 0 Å². The van der Waals surface area contributed by atoms with Gasteiger partial charge in [0, 0.05) is 19.3 Å². The van der Waals surface area contributed by atoms with E-state index in [4.69, 9.17) is 17.3 Å². The topological polar surface area (TPSA) is 45.1 Å². The Hall–Kier alpha value is -0.650.